The zero-order valence-corrected chi connectivity index (χ0v) is 55.9. The number of carbonyl (C=O) groups excluding carboxylic acids is 10. The number of para-hydroxylation sites is 1. The second kappa shape index (κ2) is 36.1. The average Bonchev–Trinajstić information content (AvgIpc) is 1.78. The zero-order chi connectivity index (χ0) is 68.7. The molecule has 27 nitrogen and oxygen atoms in total. The molecule has 2 bridgehead atoms. The summed E-state index contributed by atoms with van der Waals surface area (Å²) in [5.41, 5.74) is 21.7. The molecule has 0 spiro atoms. The molecule has 1 saturated heterocycles. The zero-order valence-electron chi connectivity index (χ0n) is 54.3. The van der Waals surface area contributed by atoms with Crippen LogP contribution in [0.4, 0.5) is 0 Å². The monoisotopic (exact) mass is 1350 g/mol. The molecule has 11 atom stereocenters. The number of imidazole rings is 1. The van der Waals surface area contributed by atoms with Gasteiger partial charge in [0.2, 0.25) is 59.1 Å². The largest absolute Gasteiger partial charge is 0.391 e. The van der Waals surface area contributed by atoms with Gasteiger partial charge < -0.3 is 79.3 Å². The summed E-state index contributed by atoms with van der Waals surface area (Å²) in [5.74, 6) is -6.08. The fraction of sp³-hybridized carbons (Fsp3) is 0.485. The van der Waals surface area contributed by atoms with Crippen LogP contribution >= 0.6 is 23.5 Å². The van der Waals surface area contributed by atoms with Crippen LogP contribution in [0.2, 0.25) is 0 Å². The minimum absolute atomic E-state index is 0.0313. The third kappa shape index (κ3) is 21.5. The van der Waals surface area contributed by atoms with Crippen molar-refractivity contribution >= 4 is 99.5 Å². The van der Waals surface area contributed by atoms with Crippen LogP contribution in [0.3, 0.4) is 0 Å². The molecule has 95 heavy (non-hydrogen) atoms. The number of hydrogen-bond donors (Lipinski definition) is 13. The second-order valence-corrected chi connectivity index (χ2v) is 26.3. The van der Waals surface area contributed by atoms with Crippen LogP contribution in [0.1, 0.15) is 101 Å². The smallest absolute Gasteiger partial charge is 0.246 e. The van der Waals surface area contributed by atoms with Gasteiger partial charge in [-0.1, -0.05) is 93.1 Å². The van der Waals surface area contributed by atoms with Crippen LogP contribution in [-0.4, -0.2) is 187 Å². The van der Waals surface area contributed by atoms with Crippen LogP contribution in [0.25, 0.3) is 10.9 Å². The summed E-state index contributed by atoms with van der Waals surface area (Å²) in [6.45, 7) is 6.31. The number of fused-ring (bicyclic) bond motifs is 4. The fourth-order valence-corrected chi connectivity index (χ4v) is 13.5. The fourth-order valence-electron chi connectivity index (χ4n) is 11.6. The van der Waals surface area contributed by atoms with Gasteiger partial charge in [0.1, 0.15) is 54.4 Å². The Hall–Kier alpha value is -8.96. The number of H-pyrrole nitrogens is 2. The van der Waals surface area contributed by atoms with Crippen LogP contribution in [0.15, 0.2) is 103 Å². The lowest BCUT2D eigenvalue weighted by atomic mass is 9.97. The molecule has 10 amide bonds. The predicted molar refractivity (Wildman–Crippen MR) is 363 cm³/mol. The van der Waals surface area contributed by atoms with Gasteiger partial charge in [0.25, 0.3) is 0 Å². The van der Waals surface area contributed by atoms with Gasteiger partial charge >= 0.3 is 0 Å². The molecule has 0 radical (unpaired) electrons. The molecule has 0 aliphatic carbocycles. The number of likely N-dealkylation sites (N-methyl/N-ethyl adjacent to an activating group) is 1. The van der Waals surface area contributed by atoms with Gasteiger partial charge in [0.15, 0.2) is 5.96 Å². The van der Waals surface area contributed by atoms with Crippen LogP contribution in [-0.2, 0) is 78.7 Å². The Balaban J connectivity index is 1.26. The molecule has 1 fully saturated rings. The topological polar surface area (TPSA) is 417 Å². The van der Waals surface area contributed by atoms with Gasteiger partial charge in [0.05, 0.1) is 12.4 Å². The Bertz CT molecular complexity index is 3480. The Morgan fingerprint density at radius 2 is 1.37 bits per heavy atom. The van der Waals surface area contributed by atoms with Crippen molar-refractivity contribution in [1.29, 1.82) is 0 Å². The van der Waals surface area contributed by atoms with Crippen molar-refractivity contribution < 1.29 is 53.1 Å². The lowest BCUT2D eigenvalue weighted by Gasteiger charge is -2.34. The number of amides is 10. The number of nitrogens with one attached hydrogen (secondary N) is 9. The van der Waals surface area contributed by atoms with Gasteiger partial charge in [-0.05, 0) is 91.2 Å². The maximum Gasteiger partial charge on any atom is 0.246 e. The summed E-state index contributed by atoms with van der Waals surface area (Å²) >= 11 is 3.02. The first-order valence-electron chi connectivity index (χ1n) is 32.0. The predicted octanol–water partition coefficient (Wildman–Crippen LogP) is 1.08. The molecule has 29 heteroatoms. The summed E-state index contributed by atoms with van der Waals surface area (Å²) in [4.78, 5) is 161. The minimum Gasteiger partial charge on any atom is -0.391 e. The summed E-state index contributed by atoms with van der Waals surface area (Å²) in [6.07, 6.45) is 3.99. The van der Waals surface area contributed by atoms with E-state index in [-0.39, 0.29) is 70.4 Å². The Labute approximate surface area is 561 Å². The highest BCUT2D eigenvalue weighted by Gasteiger charge is 2.42. The number of aliphatic hydroxyl groups excluding tert-OH is 1. The lowest BCUT2D eigenvalue weighted by Crippen LogP contribution is -2.62. The van der Waals surface area contributed by atoms with E-state index in [1.807, 2.05) is 55.5 Å². The van der Waals surface area contributed by atoms with Gasteiger partial charge in [-0.15, -0.1) is 0 Å². The highest BCUT2D eigenvalue weighted by atomic mass is 32.2. The minimum atomic E-state index is -1.66. The number of thioether (sulfide) groups is 2. The SMILES string of the molecule is CC[C@H](C)[C@@H]1NC(=O)[C@@H]2CCCN2C(=O)[C@H](Cc2c[nH]c3ccccc23)NC(=O)[C@H](CCCN=C(N)N)N(C)C(=O)[C@H](Cc2ccccc2)NC(=O)[C@H](Cc2cnc[nH]2)NC(=O)[C@H]([C@@H](C)O)NC(=O)[C@H](NC(C)=O)CCSCc2cccc(c2)CSCC[C@H](C(N)=O)NC1=O. The number of aliphatic hydroxyl groups is 1. The molecule has 0 saturated carbocycles. The summed E-state index contributed by atoms with van der Waals surface area (Å²) in [6, 6.07) is 12.2. The van der Waals surface area contributed by atoms with Gasteiger partial charge in [0, 0.05) is 86.8 Å². The van der Waals surface area contributed by atoms with Crippen molar-refractivity contribution in [3.63, 3.8) is 0 Å². The van der Waals surface area contributed by atoms with Crippen molar-refractivity contribution in [3.8, 4) is 0 Å². The molecular weight excluding hydrogens is 1260 g/mol. The second-order valence-electron chi connectivity index (χ2n) is 24.1. The molecule has 512 valence electrons. The van der Waals surface area contributed by atoms with E-state index >= 15 is 14.4 Å². The number of carbonyl (C=O) groups is 10. The van der Waals surface area contributed by atoms with Gasteiger partial charge in [-0.3, -0.25) is 52.9 Å². The third-order valence-electron chi connectivity index (χ3n) is 16.9. The van der Waals surface area contributed by atoms with Crippen molar-refractivity contribution in [3.05, 3.63) is 126 Å². The van der Waals surface area contributed by atoms with Crippen molar-refractivity contribution in [1.82, 2.24) is 62.0 Å². The molecule has 0 unspecified atom stereocenters. The number of benzene rings is 3. The molecule has 2 aliphatic rings. The number of aromatic nitrogens is 3. The molecule has 4 heterocycles. The van der Waals surface area contributed by atoms with Crippen molar-refractivity contribution in [2.24, 2.45) is 28.1 Å². The number of guanidine groups is 1. The molecule has 2 aliphatic heterocycles. The Morgan fingerprint density at radius 1 is 0.716 bits per heavy atom. The lowest BCUT2D eigenvalue weighted by molar-refractivity contribution is -0.145. The maximum absolute atomic E-state index is 15.4. The van der Waals surface area contributed by atoms with E-state index in [0.717, 1.165) is 26.9 Å². The third-order valence-corrected chi connectivity index (χ3v) is 19.1. The summed E-state index contributed by atoms with van der Waals surface area (Å²) in [7, 11) is 1.38. The standard InChI is InChI=1S/C66H90N16O11S2/c1-6-38(2)55-62(90)75-48(57(67)85)23-27-94-35-42-17-12-18-43(29-42)36-95-28-24-49(74-40(4)84)58(86)80-56(39(3)83)63(91)76-50(32-45-34-70-37-73-45)59(87)77-51(30-41-15-8-7-9-16-41)64(92)81(5)53(21-13-25-71-66(68)69)60(88)78-52(31-44-33-72-47-20-11-10-19-46(44)47)65(93)82-26-14-22-54(82)61(89)79-55/h7-12,15-20,29,33-34,37-39,48-56,72,83H,6,13-14,21-28,30-32,35-36H2,1-5H3,(H2,67,85)(H,70,73)(H,74,84)(H,75,90)(H,76,91)(H,77,87)(H,78,88)(H,79,89)(H,80,86)(H4,68,69,71)/t38-,39+,48+,49+,50-,51-,52-,53-,54-,55-,56-/m0/s1. The van der Waals surface area contributed by atoms with Crippen LogP contribution in [0.5, 0.6) is 0 Å². The van der Waals surface area contributed by atoms with Gasteiger partial charge in [-0.2, -0.15) is 23.5 Å². The van der Waals surface area contributed by atoms with E-state index in [0.29, 0.717) is 52.7 Å². The van der Waals surface area contributed by atoms with Crippen molar-refractivity contribution in [2.45, 2.75) is 164 Å². The van der Waals surface area contributed by atoms with Gasteiger partial charge in [-0.25, -0.2) is 4.98 Å². The number of nitrogens with two attached hydrogens (primary N) is 3. The Morgan fingerprint density at radius 3 is 2.03 bits per heavy atom. The first kappa shape index (κ1) is 73.5. The molecule has 7 rings (SSSR count). The van der Waals surface area contributed by atoms with E-state index in [1.165, 1.54) is 61.8 Å². The van der Waals surface area contributed by atoms with Crippen LogP contribution < -0.4 is 54.4 Å². The number of aliphatic imine (C=N–C) groups is 1. The maximum atomic E-state index is 15.4. The highest BCUT2D eigenvalue weighted by molar-refractivity contribution is 7.98. The first-order valence-corrected chi connectivity index (χ1v) is 34.3. The molecule has 16 N–H and O–H groups in total. The van der Waals surface area contributed by atoms with Crippen LogP contribution in [0, 0.1) is 5.92 Å². The van der Waals surface area contributed by atoms with Crippen molar-refractivity contribution in [2.75, 3.05) is 31.6 Å². The summed E-state index contributed by atoms with van der Waals surface area (Å²) in [5, 5.41) is 31.3. The van der Waals surface area contributed by atoms with E-state index in [4.69, 9.17) is 17.2 Å². The number of rotatable bonds is 15. The highest BCUT2D eigenvalue weighted by Crippen LogP contribution is 2.26. The molecule has 2 aromatic heterocycles. The van der Waals surface area contributed by atoms with E-state index < -0.39 is 125 Å². The number of primary amides is 1. The molecular formula is C66H90N16O11S2. The number of nitrogens with zero attached hydrogens (tertiary/aromatic N) is 4. The number of aromatic amines is 2. The average molecular weight is 1350 g/mol. The quantitative estimate of drug-likeness (QED) is 0.0396. The van der Waals surface area contributed by atoms with E-state index in [2.05, 4.69) is 57.2 Å². The summed E-state index contributed by atoms with van der Waals surface area (Å²) < 4.78 is 0. The number of hydrogen-bond acceptors (Lipinski definition) is 15. The first-order chi connectivity index (χ1) is 45.5. The Kier molecular flexibility index (Phi) is 27.9. The molecule has 5 aromatic rings. The van der Waals surface area contributed by atoms with E-state index in [9.17, 15) is 38.7 Å². The molecule has 3 aromatic carbocycles. The van der Waals surface area contributed by atoms with E-state index in [1.54, 1.807) is 43.5 Å². The normalized spacial score (nSPS) is 24.0.